The zero-order valence-corrected chi connectivity index (χ0v) is 16.8. The topological polar surface area (TPSA) is 107 Å². The fourth-order valence-corrected chi connectivity index (χ4v) is 4.11. The lowest BCUT2D eigenvalue weighted by Crippen LogP contribution is -2.39. The Hall–Kier alpha value is -2.97. The molecule has 2 aromatic rings. The zero-order chi connectivity index (χ0) is 20.4. The van der Waals surface area contributed by atoms with Gasteiger partial charge in [-0.15, -0.1) is 0 Å². The van der Waals surface area contributed by atoms with Crippen LogP contribution < -0.4 is 10.2 Å². The standard InChI is InChI=1S/C20H27N7O2/c1-13(2)23-18(28)15-12-27(19(29)17-6-8-22-25-17)11-14(15)16-5-7-21-20(24-16)26-9-3-4-10-26/h5-8,13-15H,3-4,9-12H2,1-2H3,(H,22,25)(H,23,28)/t14-,15-/m0/s1. The Kier molecular flexibility index (Phi) is 5.46. The van der Waals surface area contributed by atoms with Crippen LogP contribution in [0.15, 0.2) is 24.5 Å². The maximum absolute atomic E-state index is 12.9. The zero-order valence-electron chi connectivity index (χ0n) is 16.8. The second-order valence-corrected chi connectivity index (χ2v) is 8.03. The van der Waals surface area contributed by atoms with Crippen LogP contribution >= 0.6 is 0 Å². The summed E-state index contributed by atoms with van der Waals surface area (Å²) in [6.45, 7) is 6.57. The maximum Gasteiger partial charge on any atom is 0.271 e. The molecule has 9 heteroatoms. The lowest BCUT2D eigenvalue weighted by atomic mass is 9.91. The molecule has 0 radical (unpaired) electrons. The summed E-state index contributed by atoms with van der Waals surface area (Å²) in [5.74, 6) is -0.0237. The molecule has 2 fully saturated rings. The van der Waals surface area contributed by atoms with Gasteiger partial charge in [0.25, 0.3) is 5.91 Å². The molecule has 2 aliphatic rings. The summed E-state index contributed by atoms with van der Waals surface area (Å²) in [5.41, 5.74) is 1.24. The van der Waals surface area contributed by atoms with E-state index in [4.69, 9.17) is 4.98 Å². The first kappa shape index (κ1) is 19.4. The molecule has 2 amide bonds. The maximum atomic E-state index is 12.9. The van der Waals surface area contributed by atoms with Crippen molar-refractivity contribution >= 4 is 17.8 Å². The van der Waals surface area contributed by atoms with Gasteiger partial charge < -0.3 is 15.1 Å². The van der Waals surface area contributed by atoms with Crippen molar-refractivity contribution in [3.63, 3.8) is 0 Å². The number of carbonyl (C=O) groups is 2. The Morgan fingerprint density at radius 3 is 2.66 bits per heavy atom. The lowest BCUT2D eigenvalue weighted by molar-refractivity contribution is -0.125. The summed E-state index contributed by atoms with van der Waals surface area (Å²) in [6, 6.07) is 3.55. The van der Waals surface area contributed by atoms with Gasteiger partial charge in [0.05, 0.1) is 11.6 Å². The van der Waals surface area contributed by atoms with Crippen LogP contribution in [0.2, 0.25) is 0 Å². The van der Waals surface area contributed by atoms with E-state index in [-0.39, 0.29) is 29.7 Å². The summed E-state index contributed by atoms with van der Waals surface area (Å²) in [6.07, 6.45) is 5.59. The number of hydrogen-bond donors (Lipinski definition) is 2. The van der Waals surface area contributed by atoms with E-state index < -0.39 is 0 Å². The van der Waals surface area contributed by atoms with Crippen molar-refractivity contribution in [2.24, 2.45) is 5.92 Å². The third-order valence-electron chi connectivity index (χ3n) is 5.54. The molecule has 0 bridgehead atoms. The van der Waals surface area contributed by atoms with Gasteiger partial charge in [-0.3, -0.25) is 14.7 Å². The van der Waals surface area contributed by atoms with Crippen LogP contribution in [0.1, 0.15) is 48.8 Å². The molecule has 4 heterocycles. The predicted octanol–water partition coefficient (Wildman–Crippen LogP) is 1.18. The number of aromatic amines is 1. The average molecular weight is 397 g/mol. The molecule has 0 aliphatic carbocycles. The molecule has 0 saturated carbocycles. The predicted molar refractivity (Wildman–Crippen MR) is 107 cm³/mol. The van der Waals surface area contributed by atoms with E-state index in [2.05, 4.69) is 25.4 Å². The van der Waals surface area contributed by atoms with E-state index >= 15 is 0 Å². The minimum atomic E-state index is -0.356. The van der Waals surface area contributed by atoms with Crippen molar-refractivity contribution in [1.82, 2.24) is 30.4 Å². The van der Waals surface area contributed by atoms with Crippen molar-refractivity contribution in [3.05, 3.63) is 35.9 Å². The molecule has 29 heavy (non-hydrogen) atoms. The van der Waals surface area contributed by atoms with Gasteiger partial charge >= 0.3 is 0 Å². The highest BCUT2D eigenvalue weighted by Gasteiger charge is 2.42. The van der Waals surface area contributed by atoms with E-state index in [1.54, 1.807) is 23.4 Å². The Balaban J connectivity index is 1.60. The van der Waals surface area contributed by atoms with E-state index in [1.165, 1.54) is 0 Å². The fourth-order valence-electron chi connectivity index (χ4n) is 4.11. The number of nitrogens with zero attached hydrogens (tertiary/aromatic N) is 5. The first-order valence-electron chi connectivity index (χ1n) is 10.2. The molecule has 0 spiro atoms. The normalized spacial score (nSPS) is 21.8. The molecule has 2 N–H and O–H groups in total. The molecular formula is C20H27N7O2. The quantitative estimate of drug-likeness (QED) is 0.785. The van der Waals surface area contributed by atoms with E-state index in [1.807, 2.05) is 19.9 Å². The molecule has 2 atom stereocenters. The minimum Gasteiger partial charge on any atom is -0.354 e. The number of amides is 2. The Morgan fingerprint density at radius 2 is 1.97 bits per heavy atom. The number of anilines is 1. The van der Waals surface area contributed by atoms with Gasteiger partial charge in [-0.2, -0.15) is 5.10 Å². The summed E-state index contributed by atoms with van der Waals surface area (Å²) < 4.78 is 0. The Labute approximate surface area is 169 Å². The minimum absolute atomic E-state index is 0.0334. The highest BCUT2D eigenvalue weighted by molar-refractivity contribution is 5.93. The molecule has 9 nitrogen and oxygen atoms in total. The first-order valence-corrected chi connectivity index (χ1v) is 10.2. The van der Waals surface area contributed by atoms with Crippen LogP contribution in [-0.2, 0) is 4.79 Å². The molecule has 154 valence electrons. The van der Waals surface area contributed by atoms with Crippen molar-refractivity contribution in [2.45, 2.75) is 38.6 Å². The SMILES string of the molecule is CC(C)NC(=O)[C@H]1CN(C(=O)c2ccn[nH]2)C[C@@H]1c1ccnc(N2CCCC2)n1. The number of carbonyl (C=O) groups excluding carboxylic acids is 2. The second kappa shape index (κ2) is 8.18. The number of nitrogens with one attached hydrogen (secondary N) is 2. The van der Waals surface area contributed by atoms with Gasteiger partial charge in [-0.25, -0.2) is 9.97 Å². The number of likely N-dealkylation sites (tertiary alicyclic amines) is 1. The number of aromatic nitrogens is 4. The van der Waals surface area contributed by atoms with E-state index in [0.29, 0.717) is 24.7 Å². The smallest absolute Gasteiger partial charge is 0.271 e. The molecule has 2 aliphatic heterocycles. The molecule has 2 saturated heterocycles. The van der Waals surface area contributed by atoms with Gasteiger partial charge in [0.1, 0.15) is 5.69 Å². The highest BCUT2D eigenvalue weighted by atomic mass is 16.2. The molecule has 4 rings (SSSR count). The van der Waals surface area contributed by atoms with Gasteiger partial charge in [0.2, 0.25) is 11.9 Å². The number of rotatable bonds is 5. The van der Waals surface area contributed by atoms with Crippen molar-refractivity contribution in [2.75, 3.05) is 31.1 Å². The van der Waals surface area contributed by atoms with E-state index in [0.717, 1.165) is 31.6 Å². The van der Waals surface area contributed by atoms with Gasteiger partial charge in [-0.05, 0) is 38.8 Å². The summed E-state index contributed by atoms with van der Waals surface area (Å²) in [7, 11) is 0. The Morgan fingerprint density at radius 1 is 1.17 bits per heavy atom. The molecule has 0 aromatic carbocycles. The van der Waals surface area contributed by atoms with Crippen LogP contribution in [0.3, 0.4) is 0 Å². The van der Waals surface area contributed by atoms with Gasteiger partial charge in [0.15, 0.2) is 0 Å². The third kappa shape index (κ3) is 4.08. The Bertz CT molecular complexity index is 861. The first-order chi connectivity index (χ1) is 14.0. The molecular weight excluding hydrogens is 370 g/mol. The largest absolute Gasteiger partial charge is 0.354 e. The van der Waals surface area contributed by atoms with Crippen LogP contribution in [0.25, 0.3) is 0 Å². The van der Waals surface area contributed by atoms with Crippen LogP contribution in [0.4, 0.5) is 5.95 Å². The van der Waals surface area contributed by atoms with Crippen LogP contribution in [-0.4, -0.2) is 69.1 Å². The highest BCUT2D eigenvalue weighted by Crippen LogP contribution is 2.33. The lowest BCUT2D eigenvalue weighted by Gasteiger charge is -2.21. The number of hydrogen-bond acceptors (Lipinski definition) is 6. The van der Waals surface area contributed by atoms with E-state index in [9.17, 15) is 9.59 Å². The van der Waals surface area contributed by atoms with Crippen molar-refractivity contribution in [1.29, 1.82) is 0 Å². The van der Waals surface area contributed by atoms with Gasteiger partial charge in [-0.1, -0.05) is 0 Å². The van der Waals surface area contributed by atoms with Crippen molar-refractivity contribution < 1.29 is 9.59 Å². The van der Waals surface area contributed by atoms with Gasteiger partial charge in [0, 0.05) is 50.5 Å². The van der Waals surface area contributed by atoms with Crippen LogP contribution in [0.5, 0.6) is 0 Å². The van der Waals surface area contributed by atoms with Crippen LogP contribution in [0, 0.1) is 5.92 Å². The average Bonchev–Trinajstić information content (AvgIpc) is 3.49. The molecule has 0 unspecified atom stereocenters. The molecule has 2 aromatic heterocycles. The monoisotopic (exact) mass is 397 g/mol. The fraction of sp³-hybridized carbons (Fsp3) is 0.550. The summed E-state index contributed by atoms with van der Waals surface area (Å²) in [5, 5.41) is 9.58. The second-order valence-electron chi connectivity index (χ2n) is 8.03. The summed E-state index contributed by atoms with van der Waals surface area (Å²) >= 11 is 0. The summed E-state index contributed by atoms with van der Waals surface area (Å²) in [4.78, 5) is 38.8. The van der Waals surface area contributed by atoms with Crippen molar-refractivity contribution in [3.8, 4) is 0 Å². The number of H-pyrrole nitrogens is 1. The third-order valence-corrected chi connectivity index (χ3v) is 5.54.